The molecule has 25 heavy (non-hydrogen) atoms. The fraction of sp³-hybridized carbons (Fsp3) is 0.200. The van der Waals surface area contributed by atoms with Gasteiger partial charge in [-0.3, -0.25) is 4.79 Å². The number of aromatic nitrogens is 1. The van der Waals surface area contributed by atoms with Gasteiger partial charge in [0, 0.05) is 25.4 Å². The number of amides is 1. The van der Waals surface area contributed by atoms with Gasteiger partial charge in [0.15, 0.2) is 0 Å². The average molecular weight is 352 g/mol. The molecule has 1 heterocycles. The fourth-order valence-corrected chi connectivity index (χ4v) is 3.34. The Labute approximate surface area is 151 Å². The molecule has 0 aliphatic heterocycles. The van der Waals surface area contributed by atoms with E-state index in [0.29, 0.717) is 18.7 Å². The summed E-state index contributed by atoms with van der Waals surface area (Å²) in [4.78, 5) is 18.8. The number of rotatable bonds is 6. The highest BCUT2D eigenvalue weighted by Crippen LogP contribution is 2.18. The maximum absolute atomic E-state index is 12.6. The zero-order valence-corrected chi connectivity index (χ0v) is 15.1. The quantitative estimate of drug-likeness (QED) is 0.673. The molecule has 0 aliphatic rings. The van der Waals surface area contributed by atoms with E-state index in [1.54, 1.807) is 19.1 Å². The second-order valence-corrected chi connectivity index (χ2v) is 6.74. The van der Waals surface area contributed by atoms with Crippen molar-refractivity contribution in [3.63, 3.8) is 0 Å². The second kappa shape index (κ2) is 7.94. The summed E-state index contributed by atoms with van der Waals surface area (Å²) in [5, 5.41) is 2.77. The standard InChI is InChI=1S/C20H20N2O2S/c1-22(13-16-6-4-3-5-7-16)20(23)18-14-25-19(21-18)12-15-8-10-17(24-2)11-9-15/h3-11,14H,12-13H2,1-2H3. The zero-order valence-electron chi connectivity index (χ0n) is 14.3. The lowest BCUT2D eigenvalue weighted by Gasteiger charge is -2.15. The third kappa shape index (κ3) is 4.45. The number of methoxy groups -OCH3 is 1. The minimum atomic E-state index is -0.0546. The van der Waals surface area contributed by atoms with Crippen LogP contribution >= 0.6 is 11.3 Å². The number of benzene rings is 2. The molecule has 0 saturated carbocycles. The van der Waals surface area contributed by atoms with Crippen LogP contribution in [0.25, 0.3) is 0 Å². The highest BCUT2D eigenvalue weighted by molar-refractivity contribution is 7.09. The molecule has 1 amide bonds. The molecule has 0 unspecified atom stereocenters. The van der Waals surface area contributed by atoms with Gasteiger partial charge in [-0.2, -0.15) is 0 Å². The largest absolute Gasteiger partial charge is 0.497 e. The number of nitrogens with zero attached hydrogens (tertiary/aromatic N) is 2. The summed E-state index contributed by atoms with van der Waals surface area (Å²) in [6.45, 7) is 0.574. The van der Waals surface area contributed by atoms with Crippen LogP contribution in [0.3, 0.4) is 0 Å². The van der Waals surface area contributed by atoms with E-state index in [-0.39, 0.29) is 5.91 Å². The summed E-state index contributed by atoms with van der Waals surface area (Å²) in [5.41, 5.74) is 2.76. The number of carbonyl (C=O) groups is 1. The van der Waals surface area contributed by atoms with E-state index >= 15 is 0 Å². The van der Waals surface area contributed by atoms with Crippen LogP contribution in [-0.4, -0.2) is 29.9 Å². The first-order chi connectivity index (χ1) is 12.2. The molecule has 0 aliphatic carbocycles. The number of thiazole rings is 1. The number of hydrogen-bond donors (Lipinski definition) is 0. The molecule has 1 aromatic heterocycles. The van der Waals surface area contributed by atoms with E-state index in [9.17, 15) is 4.79 Å². The Hall–Kier alpha value is -2.66. The van der Waals surface area contributed by atoms with Gasteiger partial charge in [-0.25, -0.2) is 4.98 Å². The Bertz CT molecular complexity index is 828. The molecule has 3 rings (SSSR count). The molecule has 0 radical (unpaired) electrons. The molecule has 5 heteroatoms. The molecule has 128 valence electrons. The van der Waals surface area contributed by atoms with E-state index in [0.717, 1.165) is 21.9 Å². The average Bonchev–Trinajstić information content (AvgIpc) is 3.11. The Balaban J connectivity index is 1.64. The summed E-state index contributed by atoms with van der Waals surface area (Å²) in [5.74, 6) is 0.780. The highest BCUT2D eigenvalue weighted by atomic mass is 32.1. The zero-order chi connectivity index (χ0) is 17.6. The maximum Gasteiger partial charge on any atom is 0.273 e. The van der Waals surface area contributed by atoms with Crippen LogP contribution in [0.2, 0.25) is 0 Å². The van der Waals surface area contributed by atoms with Crippen molar-refractivity contribution in [2.45, 2.75) is 13.0 Å². The third-order valence-electron chi connectivity index (χ3n) is 3.89. The SMILES string of the molecule is COc1ccc(Cc2nc(C(=O)N(C)Cc3ccccc3)cs2)cc1. The first kappa shape index (κ1) is 17.2. The van der Waals surface area contributed by atoms with Crippen molar-refractivity contribution < 1.29 is 9.53 Å². The summed E-state index contributed by atoms with van der Waals surface area (Å²) in [7, 11) is 3.46. The Morgan fingerprint density at radius 1 is 1.08 bits per heavy atom. The van der Waals surface area contributed by atoms with Crippen molar-refractivity contribution in [1.82, 2.24) is 9.88 Å². The molecule has 2 aromatic carbocycles. The van der Waals surface area contributed by atoms with Gasteiger partial charge in [0.1, 0.15) is 11.4 Å². The van der Waals surface area contributed by atoms with Gasteiger partial charge in [0.05, 0.1) is 12.1 Å². The van der Waals surface area contributed by atoms with Crippen LogP contribution in [-0.2, 0) is 13.0 Å². The topological polar surface area (TPSA) is 42.4 Å². The van der Waals surface area contributed by atoms with Gasteiger partial charge in [0.25, 0.3) is 5.91 Å². The van der Waals surface area contributed by atoms with Crippen molar-refractivity contribution in [2.75, 3.05) is 14.2 Å². The van der Waals surface area contributed by atoms with E-state index in [1.807, 2.05) is 60.0 Å². The molecule has 3 aromatic rings. The molecule has 0 bridgehead atoms. The summed E-state index contributed by atoms with van der Waals surface area (Å²) < 4.78 is 5.17. The number of ether oxygens (including phenoxy) is 1. The smallest absolute Gasteiger partial charge is 0.273 e. The van der Waals surface area contributed by atoms with Crippen LogP contribution in [0.15, 0.2) is 60.0 Å². The van der Waals surface area contributed by atoms with Crippen molar-refractivity contribution in [2.24, 2.45) is 0 Å². The van der Waals surface area contributed by atoms with Gasteiger partial charge >= 0.3 is 0 Å². The molecule has 0 N–H and O–H groups in total. The number of hydrogen-bond acceptors (Lipinski definition) is 4. The molecular formula is C20H20N2O2S. The Morgan fingerprint density at radius 2 is 1.80 bits per heavy atom. The molecule has 0 fully saturated rings. The molecular weight excluding hydrogens is 332 g/mol. The molecule has 0 atom stereocenters. The lowest BCUT2D eigenvalue weighted by Crippen LogP contribution is -2.26. The lowest BCUT2D eigenvalue weighted by molar-refractivity contribution is 0.0780. The monoisotopic (exact) mass is 352 g/mol. The van der Waals surface area contributed by atoms with E-state index in [1.165, 1.54) is 11.3 Å². The predicted octanol–water partition coefficient (Wildman–Crippen LogP) is 4.01. The second-order valence-electron chi connectivity index (χ2n) is 5.80. The summed E-state index contributed by atoms with van der Waals surface area (Å²) in [6.07, 6.45) is 0.713. The maximum atomic E-state index is 12.6. The minimum absolute atomic E-state index is 0.0546. The molecule has 0 spiro atoms. The van der Waals surface area contributed by atoms with Crippen molar-refractivity contribution in [1.29, 1.82) is 0 Å². The fourth-order valence-electron chi connectivity index (χ4n) is 2.53. The van der Waals surface area contributed by atoms with E-state index in [4.69, 9.17) is 4.74 Å². The van der Waals surface area contributed by atoms with E-state index < -0.39 is 0 Å². The van der Waals surface area contributed by atoms with Crippen molar-refractivity contribution >= 4 is 17.2 Å². The van der Waals surface area contributed by atoms with Gasteiger partial charge in [-0.05, 0) is 23.3 Å². The van der Waals surface area contributed by atoms with Gasteiger partial charge in [-0.15, -0.1) is 11.3 Å². The Kier molecular flexibility index (Phi) is 5.46. The van der Waals surface area contributed by atoms with Crippen LogP contribution in [0, 0.1) is 0 Å². The third-order valence-corrected chi connectivity index (χ3v) is 4.74. The first-order valence-corrected chi connectivity index (χ1v) is 8.90. The first-order valence-electron chi connectivity index (χ1n) is 8.02. The van der Waals surface area contributed by atoms with E-state index in [2.05, 4.69) is 4.98 Å². The highest BCUT2D eigenvalue weighted by Gasteiger charge is 2.16. The van der Waals surface area contributed by atoms with Gasteiger partial charge in [-0.1, -0.05) is 42.5 Å². The normalized spacial score (nSPS) is 10.5. The van der Waals surface area contributed by atoms with Gasteiger partial charge in [0.2, 0.25) is 0 Å². The van der Waals surface area contributed by atoms with Crippen molar-refractivity contribution in [3.05, 3.63) is 81.8 Å². The summed E-state index contributed by atoms with van der Waals surface area (Å²) in [6, 6.07) is 17.8. The Morgan fingerprint density at radius 3 is 2.48 bits per heavy atom. The molecule has 0 saturated heterocycles. The summed E-state index contributed by atoms with van der Waals surface area (Å²) >= 11 is 1.52. The lowest BCUT2D eigenvalue weighted by atomic mass is 10.1. The minimum Gasteiger partial charge on any atom is -0.497 e. The van der Waals surface area contributed by atoms with Crippen LogP contribution in [0.1, 0.15) is 26.6 Å². The van der Waals surface area contributed by atoms with Gasteiger partial charge < -0.3 is 9.64 Å². The van der Waals surface area contributed by atoms with Crippen LogP contribution < -0.4 is 4.74 Å². The van der Waals surface area contributed by atoms with Crippen LogP contribution in [0.5, 0.6) is 5.75 Å². The predicted molar refractivity (Wildman–Crippen MR) is 100 cm³/mol. The van der Waals surface area contributed by atoms with Crippen molar-refractivity contribution in [3.8, 4) is 5.75 Å². The molecule has 4 nitrogen and oxygen atoms in total. The van der Waals surface area contributed by atoms with Crippen LogP contribution in [0.4, 0.5) is 0 Å². The number of carbonyl (C=O) groups excluding carboxylic acids is 1.